The first-order valence-electron chi connectivity index (χ1n) is 7.49. The van der Waals surface area contributed by atoms with Gasteiger partial charge in [0.25, 0.3) is 5.56 Å². The molecule has 1 N–H and O–H groups in total. The maximum absolute atomic E-state index is 11.1. The van der Waals surface area contributed by atoms with Crippen molar-refractivity contribution < 1.29 is 9.47 Å². The Balaban J connectivity index is 1.41. The van der Waals surface area contributed by atoms with Crippen LogP contribution in [-0.4, -0.2) is 41.3 Å². The summed E-state index contributed by atoms with van der Waals surface area (Å²) in [6, 6.07) is 10.8. The fourth-order valence-corrected chi connectivity index (χ4v) is 2.69. The van der Waals surface area contributed by atoms with Gasteiger partial charge in [0.15, 0.2) is 17.8 Å². The van der Waals surface area contributed by atoms with Gasteiger partial charge in [-0.05, 0) is 18.2 Å². The zero-order valence-corrected chi connectivity index (χ0v) is 12.4. The van der Waals surface area contributed by atoms with Crippen molar-refractivity contribution in [2.45, 2.75) is 0 Å². The molecule has 0 unspecified atom stereocenters. The van der Waals surface area contributed by atoms with Crippen LogP contribution in [0.25, 0.3) is 0 Å². The van der Waals surface area contributed by atoms with Gasteiger partial charge in [-0.2, -0.15) is 5.10 Å². The van der Waals surface area contributed by atoms with Crippen LogP contribution >= 0.6 is 0 Å². The lowest BCUT2D eigenvalue weighted by Gasteiger charge is -2.37. The van der Waals surface area contributed by atoms with Gasteiger partial charge in [0, 0.05) is 32.2 Å². The van der Waals surface area contributed by atoms with Gasteiger partial charge < -0.3 is 19.3 Å². The monoisotopic (exact) mass is 312 g/mol. The topological polar surface area (TPSA) is 70.7 Å². The maximum atomic E-state index is 11.1. The summed E-state index contributed by atoms with van der Waals surface area (Å²) in [7, 11) is 0. The van der Waals surface area contributed by atoms with Gasteiger partial charge >= 0.3 is 0 Å². The number of nitrogens with one attached hydrogen (secondary N) is 1. The first kappa shape index (κ1) is 13.7. The molecule has 2 aliphatic heterocycles. The molecule has 0 bridgehead atoms. The molecule has 0 radical (unpaired) electrons. The quantitative estimate of drug-likeness (QED) is 0.897. The number of para-hydroxylation sites is 2. The highest BCUT2D eigenvalue weighted by atomic mass is 16.6. The minimum Gasteiger partial charge on any atom is -0.455 e. The van der Waals surface area contributed by atoms with Crippen molar-refractivity contribution in [1.82, 2.24) is 15.1 Å². The molecule has 0 atom stereocenters. The molecule has 0 aliphatic carbocycles. The molecule has 4 rings (SSSR count). The molecular formula is C16H16N4O3. The van der Waals surface area contributed by atoms with Gasteiger partial charge in [-0.25, -0.2) is 5.10 Å². The van der Waals surface area contributed by atoms with Crippen LogP contribution in [0.5, 0.6) is 11.5 Å². The van der Waals surface area contributed by atoms with Gasteiger partial charge in [-0.15, -0.1) is 0 Å². The highest BCUT2D eigenvalue weighted by molar-refractivity contribution is 5.43. The normalized spacial score (nSPS) is 17.0. The van der Waals surface area contributed by atoms with Crippen molar-refractivity contribution in [3.63, 3.8) is 0 Å². The number of H-pyrrole nitrogens is 1. The van der Waals surface area contributed by atoms with Gasteiger partial charge in [0.2, 0.25) is 5.88 Å². The number of aromatic amines is 1. The van der Waals surface area contributed by atoms with Crippen molar-refractivity contribution in [3.8, 4) is 11.5 Å². The number of rotatable bonds is 2. The minimum atomic E-state index is -0.191. The van der Waals surface area contributed by atoms with Gasteiger partial charge in [-0.3, -0.25) is 4.79 Å². The first-order chi connectivity index (χ1) is 11.3. The van der Waals surface area contributed by atoms with Gasteiger partial charge in [0.05, 0.1) is 0 Å². The summed E-state index contributed by atoms with van der Waals surface area (Å²) in [5.41, 5.74) is -0.191. The van der Waals surface area contributed by atoms with Crippen molar-refractivity contribution in [1.29, 1.82) is 0 Å². The molecule has 2 aromatic rings. The van der Waals surface area contributed by atoms with E-state index in [1.165, 1.54) is 6.07 Å². The average molecular weight is 312 g/mol. The molecule has 0 spiro atoms. The second-order valence-electron chi connectivity index (χ2n) is 5.38. The Kier molecular flexibility index (Phi) is 3.38. The second kappa shape index (κ2) is 5.68. The third-order valence-corrected chi connectivity index (χ3v) is 3.93. The van der Waals surface area contributed by atoms with Crippen molar-refractivity contribution in [3.05, 3.63) is 58.9 Å². The average Bonchev–Trinajstić information content (AvgIpc) is 2.62. The number of ether oxygens (including phenoxy) is 2. The smallest absolute Gasteiger partial charge is 0.264 e. The van der Waals surface area contributed by atoms with E-state index >= 15 is 0 Å². The molecule has 2 aliphatic rings. The van der Waals surface area contributed by atoms with E-state index in [1.54, 1.807) is 12.3 Å². The summed E-state index contributed by atoms with van der Waals surface area (Å²) in [6.45, 7) is 3.17. The predicted octanol–water partition coefficient (Wildman–Crippen LogP) is 1.16. The highest BCUT2D eigenvalue weighted by Gasteiger charge is 2.24. The molecule has 7 nitrogen and oxygen atoms in total. The Morgan fingerprint density at radius 1 is 0.957 bits per heavy atom. The molecule has 1 fully saturated rings. The van der Waals surface area contributed by atoms with Gasteiger partial charge in [-0.1, -0.05) is 12.1 Å². The number of anilines is 1. The molecule has 1 aromatic carbocycles. The summed E-state index contributed by atoms with van der Waals surface area (Å²) >= 11 is 0. The maximum Gasteiger partial charge on any atom is 0.264 e. The predicted molar refractivity (Wildman–Crippen MR) is 84.4 cm³/mol. The van der Waals surface area contributed by atoms with E-state index in [0.29, 0.717) is 0 Å². The van der Waals surface area contributed by atoms with Crippen molar-refractivity contribution in [2.75, 3.05) is 31.1 Å². The van der Waals surface area contributed by atoms with Crippen LogP contribution < -0.4 is 19.9 Å². The molecule has 0 saturated carbocycles. The summed E-state index contributed by atoms with van der Waals surface area (Å²) < 4.78 is 11.5. The highest BCUT2D eigenvalue weighted by Crippen LogP contribution is 2.32. The van der Waals surface area contributed by atoms with Crippen LogP contribution in [0, 0.1) is 0 Å². The Bertz CT molecular complexity index is 773. The lowest BCUT2D eigenvalue weighted by atomic mass is 10.3. The minimum absolute atomic E-state index is 0.191. The van der Waals surface area contributed by atoms with Crippen LogP contribution in [0.3, 0.4) is 0 Å². The summed E-state index contributed by atoms with van der Waals surface area (Å²) in [6.07, 6.45) is 1.65. The van der Waals surface area contributed by atoms with E-state index in [1.807, 2.05) is 24.3 Å². The molecule has 7 heteroatoms. The largest absolute Gasteiger partial charge is 0.455 e. The van der Waals surface area contributed by atoms with Crippen LogP contribution in [0.4, 0.5) is 5.82 Å². The number of nitrogens with zero attached hydrogens (tertiary/aromatic N) is 3. The molecule has 23 heavy (non-hydrogen) atoms. The first-order valence-corrected chi connectivity index (χ1v) is 7.49. The zero-order chi connectivity index (χ0) is 15.6. The van der Waals surface area contributed by atoms with Crippen LogP contribution in [-0.2, 0) is 0 Å². The number of benzene rings is 1. The fourth-order valence-electron chi connectivity index (χ4n) is 2.69. The van der Waals surface area contributed by atoms with E-state index in [-0.39, 0.29) is 5.56 Å². The molecular weight excluding hydrogens is 296 g/mol. The van der Waals surface area contributed by atoms with E-state index in [2.05, 4.69) is 20.0 Å². The Morgan fingerprint density at radius 2 is 1.70 bits per heavy atom. The number of piperazine rings is 1. The Labute approximate surface area is 132 Å². The molecule has 118 valence electrons. The Hall–Kier alpha value is -2.96. The molecule has 1 aromatic heterocycles. The third-order valence-electron chi connectivity index (χ3n) is 3.93. The third kappa shape index (κ3) is 2.73. The van der Waals surface area contributed by atoms with Gasteiger partial charge in [0.1, 0.15) is 5.82 Å². The fraction of sp³-hybridized carbons (Fsp3) is 0.250. The Morgan fingerprint density at radius 3 is 2.43 bits per heavy atom. The lowest BCUT2D eigenvalue weighted by Crippen LogP contribution is -2.47. The number of fused-ring (bicyclic) bond motifs is 1. The van der Waals surface area contributed by atoms with Crippen molar-refractivity contribution in [2.24, 2.45) is 0 Å². The van der Waals surface area contributed by atoms with Crippen LogP contribution in [0.2, 0.25) is 0 Å². The SMILES string of the molecule is O=c1ccc(N2CCN(C3=COc4ccccc4O3)CC2)n[nH]1. The molecule has 3 heterocycles. The number of hydrogen-bond acceptors (Lipinski definition) is 6. The number of aromatic nitrogens is 2. The molecule has 1 saturated heterocycles. The second-order valence-corrected chi connectivity index (χ2v) is 5.38. The lowest BCUT2D eigenvalue weighted by molar-refractivity contribution is 0.176. The van der Waals surface area contributed by atoms with Crippen molar-refractivity contribution >= 4 is 5.82 Å². The van der Waals surface area contributed by atoms with E-state index in [0.717, 1.165) is 49.4 Å². The zero-order valence-electron chi connectivity index (χ0n) is 12.4. The van der Waals surface area contributed by atoms with E-state index in [9.17, 15) is 4.79 Å². The van der Waals surface area contributed by atoms with E-state index in [4.69, 9.17) is 9.47 Å². The van der Waals surface area contributed by atoms with E-state index < -0.39 is 0 Å². The summed E-state index contributed by atoms with van der Waals surface area (Å²) in [5.74, 6) is 2.96. The number of hydrogen-bond donors (Lipinski definition) is 1. The summed E-state index contributed by atoms with van der Waals surface area (Å²) in [4.78, 5) is 15.3. The summed E-state index contributed by atoms with van der Waals surface area (Å²) in [5, 5.41) is 6.53. The molecule has 0 amide bonds. The van der Waals surface area contributed by atoms with Crippen LogP contribution in [0.15, 0.2) is 53.3 Å². The standard InChI is InChI=1S/C16H16N4O3/c21-15-6-5-14(17-18-15)19-7-9-20(10-8-19)16-11-22-12-3-1-2-4-13(12)23-16/h1-6,11H,7-10H2,(H,18,21). The van der Waals surface area contributed by atoms with Crippen LogP contribution in [0.1, 0.15) is 0 Å².